The van der Waals surface area contributed by atoms with Crippen LogP contribution >= 0.6 is 0 Å². The first-order chi connectivity index (χ1) is 6.00. The predicted molar refractivity (Wildman–Crippen MR) is 42.6 cm³/mol. The van der Waals surface area contributed by atoms with Crippen LogP contribution in [0.25, 0.3) is 0 Å². The summed E-state index contributed by atoms with van der Waals surface area (Å²) in [5, 5.41) is 8.59. The molecule has 5 heteroatoms. The zero-order chi connectivity index (χ0) is 10.0. The molecule has 1 heterocycles. The van der Waals surface area contributed by atoms with Crippen molar-refractivity contribution in [2.24, 2.45) is 0 Å². The Kier molecular flexibility index (Phi) is 2.46. The molecule has 70 valence electrons. The highest BCUT2D eigenvalue weighted by molar-refractivity contribution is 5.85. The van der Waals surface area contributed by atoms with Crippen molar-refractivity contribution in [3.63, 3.8) is 0 Å². The molecule has 0 aliphatic carbocycles. The van der Waals surface area contributed by atoms with Gasteiger partial charge >= 0.3 is 5.97 Å². The molecule has 0 aliphatic heterocycles. The van der Waals surface area contributed by atoms with Crippen LogP contribution < -0.4 is 0 Å². The highest BCUT2D eigenvalue weighted by Crippen LogP contribution is 2.10. The third-order valence-electron chi connectivity index (χ3n) is 1.44. The smallest absolute Gasteiger partial charge is 0.373 e. The third kappa shape index (κ3) is 2.14. The van der Waals surface area contributed by atoms with Crippen molar-refractivity contribution in [2.75, 3.05) is 0 Å². The Labute approximate surface area is 74.4 Å². The molecule has 0 spiro atoms. The maximum Gasteiger partial charge on any atom is 0.373 e. The summed E-state index contributed by atoms with van der Waals surface area (Å²) in [5.74, 6) is -1.32. The quantitative estimate of drug-likeness (QED) is 0.750. The Morgan fingerprint density at radius 3 is 2.54 bits per heavy atom. The molecule has 0 fully saturated rings. The molecule has 1 rings (SSSR count). The lowest BCUT2D eigenvalue weighted by molar-refractivity contribution is -0.116. The Balaban J connectivity index is 2.95. The van der Waals surface area contributed by atoms with Gasteiger partial charge in [-0.1, -0.05) is 0 Å². The van der Waals surface area contributed by atoms with E-state index in [0.29, 0.717) is 5.69 Å². The van der Waals surface area contributed by atoms with E-state index in [1.165, 1.54) is 13.8 Å². The Morgan fingerprint density at radius 2 is 2.15 bits per heavy atom. The average molecular weight is 183 g/mol. The van der Waals surface area contributed by atoms with Gasteiger partial charge < -0.3 is 9.52 Å². The number of carbonyl (C=O) groups is 2. The van der Waals surface area contributed by atoms with E-state index < -0.39 is 5.97 Å². The van der Waals surface area contributed by atoms with E-state index in [1.807, 2.05) is 0 Å². The molecule has 0 saturated heterocycles. The van der Waals surface area contributed by atoms with Crippen molar-refractivity contribution in [3.05, 3.63) is 17.3 Å². The van der Waals surface area contributed by atoms with Crippen molar-refractivity contribution in [1.29, 1.82) is 0 Å². The molecule has 0 radical (unpaired) electrons. The number of carbonyl (C=O) groups excluding carboxylic acids is 1. The van der Waals surface area contributed by atoms with Crippen molar-refractivity contribution in [3.8, 4) is 0 Å². The molecule has 0 atom stereocenters. The van der Waals surface area contributed by atoms with Crippen LogP contribution in [0.15, 0.2) is 4.42 Å². The number of rotatable bonds is 3. The van der Waals surface area contributed by atoms with Gasteiger partial charge in [0.1, 0.15) is 5.78 Å². The van der Waals surface area contributed by atoms with Crippen LogP contribution in [0, 0.1) is 6.92 Å². The molecule has 0 aromatic carbocycles. The molecule has 0 saturated carbocycles. The van der Waals surface area contributed by atoms with Gasteiger partial charge in [0.25, 0.3) is 0 Å². The van der Waals surface area contributed by atoms with E-state index in [2.05, 4.69) is 4.98 Å². The lowest BCUT2D eigenvalue weighted by Gasteiger charge is -1.87. The van der Waals surface area contributed by atoms with E-state index in [9.17, 15) is 9.59 Å². The maximum atomic E-state index is 10.7. The molecule has 0 aliphatic rings. The first-order valence-corrected chi connectivity index (χ1v) is 3.69. The second-order valence-corrected chi connectivity index (χ2v) is 2.71. The number of hydrogen-bond acceptors (Lipinski definition) is 4. The summed E-state index contributed by atoms with van der Waals surface area (Å²) in [6.07, 6.45) is 0.0358. The van der Waals surface area contributed by atoms with Crippen LogP contribution in [0.4, 0.5) is 0 Å². The summed E-state index contributed by atoms with van der Waals surface area (Å²) in [5.41, 5.74) is 0.295. The van der Waals surface area contributed by atoms with Crippen LogP contribution in [0.2, 0.25) is 0 Å². The fourth-order valence-electron chi connectivity index (χ4n) is 0.939. The largest absolute Gasteiger partial charge is 0.475 e. The standard InChI is InChI=1S/C8H9NO4/c1-4(10)3-6-9-5(2)7(13-6)8(11)12/h3H2,1-2H3,(H,11,12). The number of aromatic nitrogens is 1. The molecule has 1 N–H and O–H groups in total. The van der Waals surface area contributed by atoms with Crippen LogP contribution in [-0.2, 0) is 11.2 Å². The summed E-state index contributed by atoms with van der Waals surface area (Å²) in [6, 6.07) is 0. The summed E-state index contributed by atoms with van der Waals surface area (Å²) in [6.45, 7) is 2.91. The minimum Gasteiger partial charge on any atom is -0.475 e. The van der Waals surface area contributed by atoms with E-state index in [1.54, 1.807) is 0 Å². The first kappa shape index (κ1) is 9.44. The van der Waals surface area contributed by atoms with Crippen molar-refractivity contribution in [2.45, 2.75) is 20.3 Å². The summed E-state index contributed by atoms with van der Waals surface area (Å²) in [4.78, 5) is 25.0. The van der Waals surface area contributed by atoms with E-state index in [-0.39, 0.29) is 23.9 Å². The second kappa shape index (κ2) is 3.38. The summed E-state index contributed by atoms with van der Waals surface area (Å²) >= 11 is 0. The Hall–Kier alpha value is -1.65. The molecular weight excluding hydrogens is 174 g/mol. The second-order valence-electron chi connectivity index (χ2n) is 2.71. The maximum absolute atomic E-state index is 10.7. The number of hydrogen-bond donors (Lipinski definition) is 1. The van der Waals surface area contributed by atoms with Crippen molar-refractivity contribution in [1.82, 2.24) is 4.98 Å². The highest BCUT2D eigenvalue weighted by Gasteiger charge is 2.16. The van der Waals surface area contributed by atoms with E-state index in [0.717, 1.165) is 0 Å². The van der Waals surface area contributed by atoms with Crippen LogP contribution in [0.1, 0.15) is 29.1 Å². The fourth-order valence-corrected chi connectivity index (χ4v) is 0.939. The van der Waals surface area contributed by atoms with Gasteiger partial charge in [-0.05, 0) is 13.8 Å². The van der Waals surface area contributed by atoms with Gasteiger partial charge in [0.05, 0.1) is 12.1 Å². The van der Waals surface area contributed by atoms with Gasteiger partial charge in [0, 0.05) is 0 Å². The third-order valence-corrected chi connectivity index (χ3v) is 1.44. The van der Waals surface area contributed by atoms with Crippen LogP contribution in [0.5, 0.6) is 0 Å². The minimum atomic E-state index is -1.17. The van der Waals surface area contributed by atoms with Gasteiger partial charge in [0.2, 0.25) is 11.7 Å². The monoisotopic (exact) mass is 183 g/mol. The van der Waals surface area contributed by atoms with Gasteiger partial charge in [-0.15, -0.1) is 0 Å². The van der Waals surface area contributed by atoms with Crippen molar-refractivity contribution < 1.29 is 19.1 Å². The molecule has 0 unspecified atom stereocenters. The number of nitrogens with zero attached hydrogens (tertiary/aromatic N) is 1. The van der Waals surface area contributed by atoms with Gasteiger partial charge in [-0.25, -0.2) is 9.78 Å². The number of aromatic carboxylic acids is 1. The molecule has 0 bridgehead atoms. The van der Waals surface area contributed by atoms with Crippen molar-refractivity contribution >= 4 is 11.8 Å². The molecule has 5 nitrogen and oxygen atoms in total. The number of carboxylic acid groups (broad SMARTS) is 1. The lowest BCUT2D eigenvalue weighted by Crippen LogP contribution is -1.96. The zero-order valence-corrected chi connectivity index (χ0v) is 7.33. The molecule has 1 aromatic rings. The van der Waals surface area contributed by atoms with Gasteiger partial charge in [-0.3, -0.25) is 4.79 Å². The molecular formula is C8H9NO4. The molecule has 13 heavy (non-hydrogen) atoms. The lowest BCUT2D eigenvalue weighted by atomic mass is 10.3. The Morgan fingerprint density at radius 1 is 1.54 bits per heavy atom. The average Bonchev–Trinajstić information content (AvgIpc) is 2.29. The van der Waals surface area contributed by atoms with Crippen LogP contribution in [0.3, 0.4) is 0 Å². The molecule has 1 aromatic heterocycles. The predicted octanol–water partition coefficient (Wildman–Crippen LogP) is 0.813. The van der Waals surface area contributed by atoms with Gasteiger partial charge in [0.15, 0.2) is 0 Å². The van der Waals surface area contributed by atoms with Crippen LogP contribution in [-0.4, -0.2) is 21.8 Å². The number of oxazole rings is 1. The SMILES string of the molecule is CC(=O)Cc1nc(C)c(C(=O)O)o1. The number of Topliss-reactive ketones (excluding diaryl/α,β-unsaturated/α-hetero) is 1. The highest BCUT2D eigenvalue weighted by atomic mass is 16.4. The number of aryl methyl sites for hydroxylation is 1. The zero-order valence-electron chi connectivity index (χ0n) is 7.33. The Bertz CT molecular complexity index is 353. The topological polar surface area (TPSA) is 80.4 Å². The first-order valence-electron chi connectivity index (χ1n) is 3.69. The molecule has 0 amide bonds. The summed E-state index contributed by atoms with van der Waals surface area (Å²) in [7, 11) is 0. The number of carboxylic acids is 1. The minimum absolute atomic E-state index is 0.0358. The van der Waals surface area contributed by atoms with E-state index in [4.69, 9.17) is 9.52 Å². The van der Waals surface area contributed by atoms with Gasteiger partial charge in [-0.2, -0.15) is 0 Å². The fraction of sp³-hybridized carbons (Fsp3) is 0.375. The normalized spacial score (nSPS) is 10.0. The van der Waals surface area contributed by atoms with E-state index >= 15 is 0 Å². The number of ketones is 1. The summed E-state index contributed by atoms with van der Waals surface area (Å²) < 4.78 is 4.86.